The SMILES string of the molecule is COc1cncc(Nc2cc[c]cc2)c1. The largest absolute Gasteiger partial charge is 0.495 e. The molecule has 0 fully saturated rings. The van der Waals surface area contributed by atoms with E-state index in [1.807, 2.05) is 30.3 Å². The van der Waals surface area contributed by atoms with Crippen LogP contribution in [0.2, 0.25) is 0 Å². The number of nitrogens with one attached hydrogen (secondary N) is 1. The fraction of sp³-hybridized carbons (Fsp3) is 0.0833. The van der Waals surface area contributed by atoms with Crippen LogP contribution in [0.15, 0.2) is 42.7 Å². The molecule has 1 heterocycles. The highest BCUT2D eigenvalue weighted by molar-refractivity contribution is 5.59. The molecular formula is C12H11N2O. The molecule has 0 aliphatic rings. The molecule has 1 aromatic heterocycles. The highest BCUT2D eigenvalue weighted by Gasteiger charge is 1.96. The van der Waals surface area contributed by atoms with Gasteiger partial charge in [0, 0.05) is 11.8 Å². The predicted molar refractivity (Wildman–Crippen MR) is 59.3 cm³/mol. The third-order valence-corrected chi connectivity index (χ3v) is 1.96. The molecule has 2 aromatic rings. The van der Waals surface area contributed by atoms with Crippen molar-refractivity contribution in [1.82, 2.24) is 4.98 Å². The number of methoxy groups -OCH3 is 1. The van der Waals surface area contributed by atoms with E-state index in [-0.39, 0.29) is 0 Å². The van der Waals surface area contributed by atoms with Gasteiger partial charge < -0.3 is 10.1 Å². The summed E-state index contributed by atoms with van der Waals surface area (Å²) in [4.78, 5) is 4.06. The van der Waals surface area contributed by atoms with Crippen LogP contribution in [0.5, 0.6) is 5.75 Å². The van der Waals surface area contributed by atoms with E-state index in [1.54, 1.807) is 19.5 Å². The van der Waals surface area contributed by atoms with Crippen molar-refractivity contribution in [1.29, 1.82) is 0 Å². The average Bonchev–Trinajstić information content (AvgIpc) is 2.31. The van der Waals surface area contributed by atoms with Crippen LogP contribution in [-0.2, 0) is 0 Å². The van der Waals surface area contributed by atoms with Gasteiger partial charge in [0.2, 0.25) is 0 Å². The molecule has 75 valence electrons. The predicted octanol–water partition coefficient (Wildman–Crippen LogP) is 2.63. The lowest BCUT2D eigenvalue weighted by atomic mass is 10.3. The fourth-order valence-electron chi connectivity index (χ4n) is 1.24. The van der Waals surface area contributed by atoms with Crippen LogP contribution in [0, 0.1) is 6.07 Å². The number of benzene rings is 1. The van der Waals surface area contributed by atoms with E-state index in [9.17, 15) is 0 Å². The number of hydrogen-bond acceptors (Lipinski definition) is 3. The molecule has 0 spiro atoms. The van der Waals surface area contributed by atoms with Crippen LogP contribution in [0.3, 0.4) is 0 Å². The van der Waals surface area contributed by atoms with Gasteiger partial charge in [0.15, 0.2) is 0 Å². The third kappa shape index (κ3) is 2.47. The summed E-state index contributed by atoms with van der Waals surface area (Å²) in [7, 11) is 1.62. The second-order valence-electron chi connectivity index (χ2n) is 3.03. The smallest absolute Gasteiger partial charge is 0.139 e. The number of hydrogen-bond donors (Lipinski definition) is 1. The molecule has 0 aliphatic carbocycles. The number of aromatic nitrogens is 1. The third-order valence-electron chi connectivity index (χ3n) is 1.96. The summed E-state index contributed by atoms with van der Waals surface area (Å²) in [6.07, 6.45) is 3.42. The van der Waals surface area contributed by atoms with Crippen LogP contribution >= 0.6 is 0 Å². The lowest BCUT2D eigenvalue weighted by molar-refractivity contribution is 0.413. The first-order valence-corrected chi connectivity index (χ1v) is 4.60. The van der Waals surface area contributed by atoms with Crippen LogP contribution in [0.4, 0.5) is 11.4 Å². The Bertz CT molecular complexity index is 429. The minimum absolute atomic E-state index is 0.738. The topological polar surface area (TPSA) is 34.1 Å². The van der Waals surface area contributed by atoms with Crippen molar-refractivity contribution in [3.05, 3.63) is 48.8 Å². The Hall–Kier alpha value is -2.03. The zero-order valence-corrected chi connectivity index (χ0v) is 8.40. The molecule has 1 radical (unpaired) electrons. The summed E-state index contributed by atoms with van der Waals surface area (Å²) in [5, 5.41) is 3.22. The van der Waals surface area contributed by atoms with Crippen molar-refractivity contribution >= 4 is 11.4 Å². The van der Waals surface area contributed by atoms with Crippen molar-refractivity contribution in [3.63, 3.8) is 0 Å². The summed E-state index contributed by atoms with van der Waals surface area (Å²) in [6.45, 7) is 0. The fourth-order valence-corrected chi connectivity index (χ4v) is 1.24. The molecule has 0 saturated heterocycles. The molecule has 1 N–H and O–H groups in total. The van der Waals surface area contributed by atoms with Crippen LogP contribution in [0.25, 0.3) is 0 Å². The van der Waals surface area contributed by atoms with Crippen molar-refractivity contribution < 1.29 is 4.74 Å². The van der Waals surface area contributed by atoms with Gasteiger partial charge in [-0.1, -0.05) is 12.1 Å². The Morgan fingerprint density at radius 2 is 2.00 bits per heavy atom. The second kappa shape index (κ2) is 4.46. The van der Waals surface area contributed by atoms with Crippen molar-refractivity contribution in [2.24, 2.45) is 0 Å². The van der Waals surface area contributed by atoms with E-state index in [1.165, 1.54) is 0 Å². The molecule has 0 bridgehead atoms. The lowest BCUT2D eigenvalue weighted by Gasteiger charge is -2.06. The van der Waals surface area contributed by atoms with Crippen LogP contribution in [0.1, 0.15) is 0 Å². The van der Waals surface area contributed by atoms with E-state index < -0.39 is 0 Å². The molecule has 3 heteroatoms. The van der Waals surface area contributed by atoms with Gasteiger partial charge in [0.1, 0.15) is 5.75 Å². The van der Waals surface area contributed by atoms with Crippen LogP contribution < -0.4 is 10.1 Å². The summed E-state index contributed by atoms with van der Waals surface area (Å²) in [5.74, 6) is 0.738. The Morgan fingerprint density at radius 3 is 2.73 bits per heavy atom. The maximum absolute atomic E-state index is 5.08. The summed E-state index contributed by atoms with van der Waals surface area (Å²) in [5.41, 5.74) is 1.91. The number of rotatable bonds is 3. The van der Waals surface area contributed by atoms with Gasteiger partial charge in [0.25, 0.3) is 0 Å². The maximum atomic E-state index is 5.08. The van der Waals surface area contributed by atoms with Gasteiger partial charge in [-0.05, 0) is 18.2 Å². The molecule has 0 unspecified atom stereocenters. The van der Waals surface area contributed by atoms with Gasteiger partial charge >= 0.3 is 0 Å². The van der Waals surface area contributed by atoms with Gasteiger partial charge in [0.05, 0.1) is 25.2 Å². The first-order valence-electron chi connectivity index (χ1n) is 4.60. The van der Waals surface area contributed by atoms with Gasteiger partial charge in [-0.2, -0.15) is 0 Å². The second-order valence-corrected chi connectivity index (χ2v) is 3.03. The first kappa shape index (κ1) is 9.52. The van der Waals surface area contributed by atoms with Crippen LogP contribution in [-0.4, -0.2) is 12.1 Å². The molecule has 3 nitrogen and oxygen atoms in total. The highest BCUT2D eigenvalue weighted by Crippen LogP contribution is 2.19. The quantitative estimate of drug-likeness (QED) is 0.825. The first-order chi connectivity index (χ1) is 7.38. The normalized spacial score (nSPS) is 9.67. The monoisotopic (exact) mass is 199 g/mol. The minimum atomic E-state index is 0.738. The summed E-state index contributed by atoms with van der Waals surface area (Å²) >= 11 is 0. The molecule has 0 saturated carbocycles. The number of pyridine rings is 1. The lowest BCUT2D eigenvalue weighted by Crippen LogP contribution is -1.92. The zero-order chi connectivity index (χ0) is 10.5. The van der Waals surface area contributed by atoms with Crippen molar-refractivity contribution in [3.8, 4) is 5.75 Å². The Morgan fingerprint density at radius 1 is 1.20 bits per heavy atom. The number of anilines is 2. The highest BCUT2D eigenvalue weighted by atomic mass is 16.5. The summed E-state index contributed by atoms with van der Waals surface area (Å²) < 4.78 is 5.08. The van der Waals surface area contributed by atoms with Crippen molar-refractivity contribution in [2.45, 2.75) is 0 Å². The molecule has 0 amide bonds. The van der Waals surface area contributed by atoms with E-state index in [0.717, 1.165) is 17.1 Å². The standard InChI is InChI=1S/C12H11N2O/c1-15-12-7-11(8-13-9-12)14-10-5-3-2-4-6-10/h3-9,14H,1H3. The molecule has 2 rings (SSSR count). The van der Waals surface area contributed by atoms with E-state index in [0.29, 0.717) is 0 Å². The zero-order valence-electron chi connectivity index (χ0n) is 8.40. The molecular weight excluding hydrogens is 188 g/mol. The average molecular weight is 199 g/mol. The Labute approximate surface area is 88.7 Å². The molecule has 0 aliphatic heterocycles. The van der Waals surface area contributed by atoms with E-state index in [4.69, 9.17) is 4.74 Å². The summed E-state index contributed by atoms with van der Waals surface area (Å²) in [6, 6.07) is 12.5. The number of ether oxygens (including phenoxy) is 1. The molecule has 1 aromatic carbocycles. The number of nitrogens with zero attached hydrogens (tertiary/aromatic N) is 1. The Kier molecular flexibility index (Phi) is 2.83. The van der Waals surface area contributed by atoms with Gasteiger partial charge in [-0.3, -0.25) is 4.98 Å². The van der Waals surface area contributed by atoms with E-state index >= 15 is 0 Å². The Balaban J connectivity index is 2.17. The molecule has 15 heavy (non-hydrogen) atoms. The van der Waals surface area contributed by atoms with E-state index in [2.05, 4.69) is 16.4 Å². The van der Waals surface area contributed by atoms with Gasteiger partial charge in [-0.25, -0.2) is 0 Å². The molecule has 0 atom stereocenters. The minimum Gasteiger partial charge on any atom is -0.495 e. The van der Waals surface area contributed by atoms with Gasteiger partial charge in [-0.15, -0.1) is 0 Å². The maximum Gasteiger partial charge on any atom is 0.139 e. The van der Waals surface area contributed by atoms with Crippen molar-refractivity contribution in [2.75, 3.05) is 12.4 Å².